The van der Waals surface area contributed by atoms with E-state index in [-0.39, 0.29) is 28.9 Å². The summed E-state index contributed by atoms with van der Waals surface area (Å²) < 4.78 is 5.92. The molecule has 0 bridgehead atoms. The number of hydrogen-bond donors (Lipinski definition) is 4. The van der Waals surface area contributed by atoms with Gasteiger partial charge in [-0.2, -0.15) is 0 Å². The number of aromatic carboxylic acids is 1. The molecule has 0 aliphatic rings. The maximum Gasteiger partial charge on any atom is 0.372 e. The first-order valence-corrected chi connectivity index (χ1v) is 10.5. The molecule has 36 heavy (non-hydrogen) atoms. The van der Waals surface area contributed by atoms with Crippen molar-refractivity contribution >= 4 is 40.9 Å². The second-order valence-electron chi connectivity index (χ2n) is 8.04. The molecule has 4 rings (SSSR count). The molecule has 186 valence electrons. The Morgan fingerprint density at radius 1 is 0.722 bits per heavy atom. The molecule has 14 nitrogen and oxygen atoms in total. The van der Waals surface area contributed by atoms with Crippen LogP contribution in [0.25, 0.3) is 0 Å². The van der Waals surface area contributed by atoms with Crippen molar-refractivity contribution < 1.29 is 24.3 Å². The van der Waals surface area contributed by atoms with Gasteiger partial charge in [-0.05, 0) is 12.1 Å². The number of carboxylic acids is 1. The van der Waals surface area contributed by atoms with Crippen molar-refractivity contribution in [1.82, 2.24) is 28.2 Å². The monoisotopic (exact) mass is 493 g/mol. The second kappa shape index (κ2) is 9.25. The van der Waals surface area contributed by atoms with Gasteiger partial charge >= 0.3 is 5.97 Å². The summed E-state index contributed by atoms with van der Waals surface area (Å²) in [5.41, 5.74) is 1.26. The van der Waals surface area contributed by atoms with Crippen molar-refractivity contribution in [2.45, 2.75) is 0 Å². The molecule has 4 N–H and O–H groups in total. The third kappa shape index (κ3) is 4.72. The first-order valence-electron chi connectivity index (χ1n) is 10.5. The Balaban J connectivity index is 1.44. The number of amides is 3. The maximum atomic E-state index is 12.9. The number of carbonyl (C=O) groups excluding carboxylic acids is 3. The molecular formula is C22H23N9O5. The van der Waals surface area contributed by atoms with Crippen LogP contribution in [0.15, 0.2) is 43.1 Å². The van der Waals surface area contributed by atoms with Gasteiger partial charge in [0.2, 0.25) is 5.82 Å². The number of aromatic nitrogens is 6. The summed E-state index contributed by atoms with van der Waals surface area (Å²) in [5, 5.41) is 17.1. The lowest BCUT2D eigenvalue weighted by atomic mass is 10.3. The molecule has 0 aliphatic carbocycles. The standard InChI is InChI=1S/C22H23N9O5/c1-28-6-5-23-17(28)21(34)25-13-8-14(29(2)10-13)19(32)24-12-7-15(30(3)9-12)20(33)27-16-11-31(4)18(26-16)22(35)36/h5-11H,1-4H3,(H,24,32)(H,25,34)(H,27,33)(H,35,36). The Morgan fingerprint density at radius 2 is 1.28 bits per heavy atom. The highest BCUT2D eigenvalue weighted by Crippen LogP contribution is 2.19. The molecule has 0 unspecified atom stereocenters. The van der Waals surface area contributed by atoms with Crippen LogP contribution in [0.4, 0.5) is 17.2 Å². The minimum Gasteiger partial charge on any atom is -0.475 e. The number of anilines is 3. The smallest absolute Gasteiger partial charge is 0.372 e. The molecule has 0 saturated carbocycles. The molecule has 0 aromatic carbocycles. The van der Waals surface area contributed by atoms with E-state index in [2.05, 4.69) is 25.9 Å². The van der Waals surface area contributed by atoms with E-state index in [0.29, 0.717) is 11.4 Å². The number of carboxylic acid groups (broad SMARTS) is 1. The van der Waals surface area contributed by atoms with E-state index in [0.717, 1.165) is 0 Å². The highest BCUT2D eigenvalue weighted by atomic mass is 16.4. The normalized spacial score (nSPS) is 10.8. The van der Waals surface area contributed by atoms with Crippen LogP contribution in [-0.2, 0) is 28.2 Å². The molecule has 0 radical (unpaired) electrons. The van der Waals surface area contributed by atoms with Gasteiger partial charge in [0, 0.05) is 59.2 Å². The zero-order valence-electron chi connectivity index (χ0n) is 19.8. The Hall–Kier alpha value is -5.14. The van der Waals surface area contributed by atoms with Gasteiger partial charge in [-0.1, -0.05) is 0 Å². The van der Waals surface area contributed by atoms with Crippen LogP contribution < -0.4 is 16.0 Å². The van der Waals surface area contributed by atoms with Crippen molar-refractivity contribution in [3.05, 3.63) is 66.2 Å². The highest BCUT2D eigenvalue weighted by Gasteiger charge is 2.19. The molecule has 4 aromatic heterocycles. The fourth-order valence-electron chi connectivity index (χ4n) is 3.59. The van der Waals surface area contributed by atoms with E-state index < -0.39 is 23.7 Å². The van der Waals surface area contributed by atoms with E-state index in [1.807, 2.05) is 0 Å². The Morgan fingerprint density at radius 3 is 1.78 bits per heavy atom. The topological polar surface area (TPSA) is 170 Å². The number of nitrogens with zero attached hydrogens (tertiary/aromatic N) is 6. The average Bonchev–Trinajstić information content (AvgIpc) is 3.55. The van der Waals surface area contributed by atoms with Crippen LogP contribution in [0, 0.1) is 0 Å². The van der Waals surface area contributed by atoms with Gasteiger partial charge < -0.3 is 39.3 Å². The molecule has 4 aromatic rings. The summed E-state index contributed by atoms with van der Waals surface area (Å²) >= 11 is 0. The molecule has 0 spiro atoms. The number of nitrogens with one attached hydrogen (secondary N) is 3. The maximum absolute atomic E-state index is 12.9. The van der Waals surface area contributed by atoms with Crippen molar-refractivity contribution in [1.29, 1.82) is 0 Å². The number of aryl methyl sites for hydroxylation is 4. The van der Waals surface area contributed by atoms with E-state index in [4.69, 9.17) is 5.11 Å². The zero-order valence-corrected chi connectivity index (χ0v) is 19.8. The van der Waals surface area contributed by atoms with E-state index >= 15 is 0 Å². The summed E-state index contributed by atoms with van der Waals surface area (Å²) in [6.07, 6.45) is 7.69. The fraction of sp³-hybridized carbons (Fsp3) is 0.182. The van der Waals surface area contributed by atoms with Crippen LogP contribution in [0.1, 0.15) is 42.2 Å². The molecule has 0 aliphatic heterocycles. The first kappa shape index (κ1) is 24.0. The molecule has 0 saturated heterocycles. The van der Waals surface area contributed by atoms with Crippen LogP contribution in [0.5, 0.6) is 0 Å². The van der Waals surface area contributed by atoms with Gasteiger partial charge in [-0.3, -0.25) is 14.4 Å². The summed E-state index contributed by atoms with van der Waals surface area (Å²) in [6.45, 7) is 0. The Kier molecular flexibility index (Phi) is 6.16. The Bertz CT molecular complexity index is 1500. The summed E-state index contributed by atoms with van der Waals surface area (Å²) in [4.78, 5) is 56.9. The SMILES string of the molecule is Cn1cc(NC(=O)c2nccn2C)cc1C(=O)Nc1cc(C(=O)Nc2cn(C)c(C(=O)O)n2)n(C)c1. The largest absolute Gasteiger partial charge is 0.475 e. The lowest BCUT2D eigenvalue weighted by Crippen LogP contribution is -2.16. The third-order valence-electron chi connectivity index (χ3n) is 5.32. The summed E-state index contributed by atoms with van der Waals surface area (Å²) in [7, 11) is 6.48. The zero-order chi connectivity index (χ0) is 26.1. The first-order chi connectivity index (χ1) is 17.0. The number of imidazole rings is 2. The van der Waals surface area contributed by atoms with Gasteiger partial charge in [0.25, 0.3) is 17.7 Å². The van der Waals surface area contributed by atoms with Gasteiger partial charge in [0.05, 0.1) is 11.4 Å². The second-order valence-corrected chi connectivity index (χ2v) is 8.04. The van der Waals surface area contributed by atoms with Crippen molar-refractivity contribution in [2.24, 2.45) is 28.2 Å². The lowest BCUT2D eigenvalue weighted by molar-refractivity contribution is 0.0679. The molecule has 14 heteroatoms. The minimum atomic E-state index is -1.22. The fourth-order valence-corrected chi connectivity index (χ4v) is 3.59. The van der Waals surface area contributed by atoms with Gasteiger partial charge in [0.1, 0.15) is 11.4 Å². The van der Waals surface area contributed by atoms with Gasteiger partial charge in [-0.15, -0.1) is 0 Å². The van der Waals surface area contributed by atoms with Crippen molar-refractivity contribution in [3.63, 3.8) is 0 Å². The summed E-state index contributed by atoms with van der Waals surface area (Å²) in [5.74, 6) is -2.54. The molecule has 3 amide bonds. The van der Waals surface area contributed by atoms with Crippen molar-refractivity contribution in [2.75, 3.05) is 16.0 Å². The predicted molar refractivity (Wildman–Crippen MR) is 128 cm³/mol. The van der Waals surface area contributed by atoms with Crippen LogP contribution in [-0.4, -0.2) is 57.0 Å². The summed E-state index contributed by atoms with van der Waals surface area (Å²) in [6, 6.07) is 2.99. The van der Waals surface area contributed by atoms with Crippen LogP contribution in [0.3, 0.4) is 0 Å². The van der Waals surface area contributed by atoms with E-state index in [9.17, 15) is 19.2 Å². The number of carbonyl (C=O) groups is 4. The number of hydrogen-bond acceptors (Lipinski definition) is 6. The van der Waals surface area contributed by atoms with Gasteiger partial charge in [0.15, 0.2) is 11.6 Å². The minimum absolute atomic E-state index is 0.0793. The Labute approximate surface area is 204 Å². The quantitative estimate of drug-likeness (QED) is 0.300. The van der Waals surface area contributed by atoms with Crippen LogP contribution >= 0.6 is 0 Å². The molecule has 4 heterocycles. The van der Waals surface area contributed by atoms with E-state index in [1.54, 1.807) is 48.9 Å². The third-order valence-corrected chi connectivity index (χ3v) is 5.32. The highest BCUT2D eigenvalue weighted by molar-refractivity contribution is 6.08. The van der Waals surface area contributed by atoms with Gasteiger partial charge in [-0.25, -0.2) is 14.8 Å². The predicted octanol–water partition coefficient (Wildman–Crippen LogP) is 1.29. The average molecular weight is 493 g/mol. The van der Waals surface area contributed by atoms with Crippen LogP contribution in [0.2, 0.25) is 0 Å². The van der Waals surface area contributed by atoms with Crippen molar-refractivity contribution in [3.8, 4) is 0 Å². The lowest BCUT2D eigenvalue weighted by Gasteiger charge is -2.03. The molecule has 0 fully saturated rings. The number of rotatable bonds is 7. The molecular weight excluding hydrogens is 470 g/mol. The van der Waals surface area contributed by atoms with E-state index in [1.165, 1.54) is 40.7 Å². The molecule has 0 atom stereocenters.